The Morgan fingerprint density at radius 1 is 1.39 bits per heavy atom. The van der Waals surface area contributed by atoms with E-state index in [1.807, 2.05) is 12.3 Å². The van der Waals surface area contributed by atoms with E-state index in [1.54, 1.807) is 12.1 Å². The molecule has 0 unspecified atom stereocenters. The number of nitro groups is 1. The van der Waals surface area contributed by atoms with Crippen LogP contribution < -0.4 is 17.3 Å². The third kappa shape index (κ3) is 3.00. The number of rotatable bonds is 4. The maximum absolute atomic E-state index is 10.7. The molecular formula is C12H16ClN3O2. The summed E-state index contributed by atoms with van der Waals surface area (Å²) in [6.45, 7) is 1.05. The van der Waals surface area contributed by atoms with Gasteiger partial charge in [0.15, 0.2) is 0 Å². The Morgan fingerprint density at radius 2 is 2.11 bits per heavy atom. The summed E-state index contributed by atoms with van der Waals surface area (Å²) in [7, 11) is 4.22. The average Bonchev–Trinajstić information content (AvgIpc) is 2.68. The molecule has 1 aromatic heterocycles. The van der Waals surface area contributed by atoms with Crippen LogP contribution in [0.25, 0.3) is 10.9 Å². The van der Waals surface area contributed by atoms with Gasteiger partial charge in [-0.3, -0.25) is 10.1 Å². The van der Waals surface area contributed by atoms with Crippen LogP contribution in [0, 0.1) is 10.1 Å². The Morgan fingerprint density at radius 3 is 2.72 bits per heavy atom. The fourth-order valence-electron chi connectivity index (χ4n) is 1.88. The van der Waals surface area contributed by atoms with E-state index in [-0.39, 0.29) is 23.0 Å². The van der Waals surface area contributed by atoms with Crippen molar-refractivity contribution < 1.29 is 22.2 Å². The summed E-state index contributed by atoms with van der Waals surface area (Å²) in [6, 6.07) is 4.97. The quantitative estimate of drug-likeness (QED) is 0.487. The summed E-state index contributed by atoms with van der Waals surface area (Å²) in [6.07, 6.45) is 2.91. The summed E-state index contributed by atoms with van der Waals surface area (Å²) in [5, 5.41) is 11.7. The van der Waals surface area contributed by atoms with E-state index in [1.165, 1.54) is 10.5 Å². The van der Waals surface area contributed by atoms with Crippen LogP contribution in [0.4, 0.5) is 5.69 Å². The third-order valence-corrected chi connectivity index (χ3v) is 2.86. The molecule has 0 saturated heterocycles. The highest BCUT2D eigenvalue weighted by atomic mass is 35.5. The molecule has 0 fully saturated rings. The van der Waals surface area contributed by atoms with Crippen LogP contribution in [0.5, 0.6) is 0 Å². The number of nitrogens with one attached hydrogen (secondary N) is 2. The number of quaternary nitrogens is 1. The number of fused-ring (bicyclic) bond motifs is 1. The number of H-pyrrole nitrogens is 1. The lowest BCUT2D eigenvalue weighted by atomic mass is 10.1. The number of hydrogen-bond acceptors (Lipinski definition) is 2. The van der Waals surface area contributed by atoms with Crippen molar-refractivity contribution in [1.29, 1.82) is 0 Å². The second-order valence-corrected chi connectivity index (χ2v) is 4.51. The maximum atomic E-state index is 10.7. The number of hydrogen-bond donors (Lipinski definition) is 2. The van der Waals surface area contributed by atoms with Gasteiger partial charge >= 0.3 is 0 Å². The lowest BCUT2D eigenvalue weighted by Gasteiger charge is -2.05. The largest absolute Gasteiger partial charge is 1.00 e. The highest BCUT2D eigenvalue weighted by Gasteiger charge is 2.10. The van der Waals surface area contributed by atoms with E-state index in [0.29, 0.717) is 0 Å². The van der Waals surface area contributed by atoms with Crippen molar-refractivity contribution in [3.63, 3.8) is 0 Å². The van der Waals surface area contributed by atoms with E-state index < -0.39 is 0 Å². The standard InChI is InChI=1S/C12H15N3O2.ClH/c1-14(2)6-5-9-8-13-12-7-10(15(16)17)3-4-11(9)12;/h3-4,7-8,13H,5-6H2,1-2H3;1H. The number of nitrogens with zero attached hydrogens (tertiary/aromatic N) is 1. The Bertz CT molecular complexity index is 551. The zero-order valence-electron chi connectivity index (χ0n) is 10.4. The van der Waals surface area contributed by atoms with Crippen LogP contribution in [0.2, 0.25) is 0 Å². The first-order valence-electron chi connectivity index (χ1n) is 5.61. The SMILES string of the molecule is C[NH+](C)CCc1c[nH]c2cc([N+](=O)[O-])ccc12.[Cl-]. The first kappa shape index (κ1) is 14.5. The monoisotopic (exact) mass is 269 g/mol. The molecule has 2 N–H and O–H groups in total. The van der Waals surface area contributed by atoms with Gasteiger partial charge in [-0.1, -0.05) is 0 Å². The predicted octanol–water partition coefficient (Wildman–Crippen LogP) is -2.23. The molecule has 0 aliphatic carbocycles. The van der Waals surface area contributed by atoms with Crippen LogP contribution in [0.1, 0.15) is 5.56 Å². The number of aromatic nitrogens is 1. The second kappa shape index (κ2) is 5.84. The zero-order valence-corrected chi connectivity index (χ0v) is 11.1. The summed E-state index contributed by atoms with van der Waals surface area (Å²) in [5.41, 5.74) is 2.18. The van der Waals surface area contributed by atoms with E-state index in [0.717, 1.165) is 23.9 Å². The van der Waals surface area contributed by atoms with Crippen molar-refractivity contribution in [3.05, 3.63) is 40.1 Å². The summed E-state index contributed by atoms with van der Waals surface area (Å²) < 4.78 is 0. The second-order valence-electron chi connectivity index (χ2n) is 4.51. The molecule has 0 bridgehead atoms. The van der Waals surface area contributed by atoms with E-state index >= 15 is 0 Å². The fourth-order valence-corrected chi connectivity index (χ4v) is 1.88. The minimum atomic E-state index is -0.371. The van der Waals surface area contributed by atoms with E-state index in [9.17, 15) is 10.1 Å². The molecule has 6 heteroatoms. The van der Waals surface area contributed by atoms with Crippen molar-refractivity contribution in [2.24, 2.45) is 0 Å². The van der Waals surface area contributed by atoms with Crippen molar-refractivity contribution in [2.45, 2.75) is 6.42 Å². The summed E-state index contributed by atoms with van der Waals surface area (Å²) in [4.78, 5) is 14.8. The smallest absolute Gasteiger partial charge is 0.271 e. The van der Waals surface area contributed by atoms with Gasteiger partial charge in [0.25, 0.3) is 5.69 Å². The van der Waals surface area contributed by atoms with Gasteiger partial charge in [-0.15, -0.1) is 0 Å². The number of benzene rings is 1. The Kier molecular flexibility index (Phi) is 4.69. The minimum Gasteiger partial charge on any atom is -1.00 e. The predicted molar refractivity (Wildman–Crippen MR) is 66.3 cm³/mol. The van der Waals surface area contributed by atoms with Crippen molar-refractivity contribution in [3.8, 4) is 0 Å². The molecule has 18 heavy (non-hydrogen) atoms. The first-order valence-corrected chi connectivity index (χ1v) is 5.61. The average molecular weight is 270 g/mol. The Balaban J connectivity index is 0.00000162. The molecule has 0 radical (unpaired) electrons. The molecule has 2 rings (SSSR count). The van der Waals surface area contributed by atoms with Crippen molar-refractivity contribution in [1.82, 2.24) is 4.98 Å². The molecule has 0 aliphatic rings. The number of likely N-dealkylation sites (N-methyl/N-ethyl adjacent to an activating group) is 1. The fraction of sp³-hybridized carbons (Fsp3) is 0.333. The highest BCUT2D eigenvalue weighted by molar-refractivity contribution is 5.85. The van der Waals surface area contributed by atoms with Crippen LogP contribution in [0.15, 0.2) is 24.4 Å². The van der Waals surface area contributed by atoms with Crippen LogP contribution in [0.3, 0.4) is 0 Å². The van der Waals surface area contributed by atoms with Crippen molar-refractivity contribution >= 4 is 16.6 Å². The number of halogens is 1. The number of non-ortho nitro benzene ring substituents is 1. The molecule has 5 nitrogen and oxygen atoms in total. The maximum Gasteiger partial charge on any atom is 0.271 e. The Labute approximate surface area is 111 Å². The lowest BCUT2D eigenvalue weighted by Crippen LogP contribution is -3.05. The van der Waals surface area contributed by atoms with Crippen LogP contribution in [-0.4, -0.2) is 30.5 Å². The van der Waals surface area contributed by atoms with E-state index in [2.05, 4.69) is 19.1 Å². The van der Waals surface area contributed by atoms with Crippen LogP contribution >= 0.6 is 0 Å². The van der Waals surface area contributed by atoms with Gasteiger partial charge in [-0.25, -0.2) is 0 Å². The molecule has 0 atom stereocenters. The molecule has 98 valence electrons. The lowest BCUT2D eigenvalue weighted by molar-refractivity contribution is -0.858. The molecule has 1 heterocycles. The molecule has 0 amide bonds. The van der Waals surface area contributed by atoms with E-state index in [4.69, 9.17) is 0 Å². The molecule has 1 aromatic carbocycles. The minimum absolute atomic E-state index is 0. The molecular weight excluding hydrogens is 254 g/mol. The summed E-state index contributed by atoms with van der Waals surface area (Å²) in [5.74, 6) is 0. The van der Waals surface area contributed by atoms with Gasteiger partial charge < -0.3 is 22.3 Å². The number of nitro benzene ring substituents is 1. The van der Waals surface area contributed by atoms with Gasteiger partial charge in [0.1, 0.15) is 0 Å². The van der Waals surface area contributed by atoms with Gasteiger partial charge in [-0.05, 0) is 11.6 Å². The van der Waals surface area contributed by atoms with Crippen molar-refractivity contribution in [2.75, 3.05) is 20.6 Å². The Hall–Kier alpha value is -1.59. The number of aromatic amines is 1. The highest BCUT2D eigenvalue weighted by Crippen LogP contribution is 2.23. The molecule has 0 spiro atoms. The van der Waals surface area contributed by atoms with Crippen LogP contribution in [-0.2, 0) is 6.42 Å². The molecule has 2 aromatic rings. The van der Waals surface area contributed by atoms with Gasteiger partial charge in [0.2, 0.25) is 0 Å². The third-order valence-electron chi connectivity index (χ3n) is 2.86. The molecule has 0 saturated carbocycles. The normalized spacial score (nSPS) is 10.6. The summed E-state index contributed by atoms with van der Waals surface area (Å²) >= 11 is 0. The van der Waals surface area contributed by atoms with Gasteiger partial charge in [0, 0.05) is 30.1 Å². The molecule has 0 aliphatic heterocycles. The topological polar surface area (TPSA) is 63.4 Å². The van der Waals surface area contributed by atoms with Gasteiger partial charge in [0.05, 0.1) is 31.1 Å². The van der Waals surface area contributed by atoms with Gasteiger partial charge in [-0.2, -0.15) is 0 Å². The zero-order chi connectivity index (χ0) is 12.4. The first-order chi connectivity index (χ1) is 8.08.